The molecule has 0 saturated heterocycles. The molecule has 0 amide bonds. The Kier molecular flexibility index (Phi) is 3.00. The minimum absolute atomic E-state index is 0.211. The topological polar surface area (TPSA) is 26.0 Å². The van der Waals surface area contributed by atoms with Crippen molar-refractivity contribution >= 4 is 5.57 Å². The van der Waals surface area contributed by atoms with Gasteiger partial charge in [-0.15, -0.1) is 0 Å². The molecule has 0 heterocycles. The van der Waals surface area contributed by atoms with Gasteiger partial charge in [-0.2, -0.15) is 0 Å². The van der Waals surface area contributed by atoms with E-state index in [2.05, 4.69) is 0 Å². The van der Waals surface area contributed by atoms with E-state index in [1.54, 1.807) is 6.07 Å². The van der Waals surface area contributed by atoms with Gasteiger partial charge in [-0.1, -0.05) is 18.2 Å². The summed E-state index contributed by atoms with van der Waals surface area (Å²) in [5.74, 6) is -0.211. The highest BCUT2D eigenvalue weighted by Crippen LogP contribution is 2.13. The van der Waals surface area contributed by atoms with Gasteiger partial charge in [-0.3, -0.25) is 0 Å². The van der Waals surface area contributed by atoms with Gasteiger partial charge in [-0.05, 0) is 30.2 Å². The van der Waals surface area contributed by atoms with E-state index in [1.165, 1.54) is 12.1 Å². The van der Waals surface area contributed by atoms with Gasteiger partial charge in [0, 0.05) is 6.54 Å². The average molecular weight is 165 g/mol. The second-order valence-corrected chi connectivity index (χ2v) is 2.63. The summed E-state index contributed by atoms with van der Waals surface area (Å²) in [5, 5.41) is 0. The van der Waals surface area contributed by atoms with Crippen LogP contribution in [0.5, 0.6) is 0 Å². The molecule has 0 saturated carbocycles. The highest BCUT2D eigenvalue weighted by molar-refractivity contribution is 5.63. The summed E-state index contributed by atoms with van der Waals surface area (Å²) in [5.41, 5.74) is 7.24. The second-order valence-electron chi connectivity index (χ2n) is 2.63. The first-order chi connectivity index (χ1) is 5.74. The Morgan fingerprint density at radius 3 is 2.92 bits per heavy atom. The van der Waals surface area contributed by atoms with Crippen LogP contribution >= 0.6 is 0 Å². The Hall–Kier alpha value is -1.15. The SMILES string of the molecule is CC(=CCN)c1cccc(F)c1. The molecule has 2 heteroatoms. The molecular formula is C10H12FN. The van der Waals surface area contributed by atoms with Crippen LogP contribution in [0, 0.1) is 5.82 Å². The molecule has 0 unspecified atom stereocenters. The zero-order chi connectivity index (χ0) is 8.97. The fourth-order valence-corrected chi connectivity index (χ4v) is 1.03. The van der Waals surface area contributed by atoms with Crippen LogP contribution in [-0.2, 0) is 0 Å². The molecule has 0 bridgehead atoms. The third kappa shape index (κ3) is 2.17. The van der Waals surface area contributed by atoms with Crippen molar-refractivity contribution in [2.24, 2.45) is 5.73 Å². The van der Waals surface area contributed by atoms with Crippen LogP contribution in [0.15, 0.2) is 30.3 Å². The van der Waals surface area contributed by atoms with Crippen molar-refractivity contribution in [2.45, 2.75) is 6.92 Å². The van der Waals surface area contributed by atoms with Gasteiger partial charge in [0.25, 0.3) is 0 Å². The molecule has 0 aliphatic heterocycles. The standard InChI is InChI=1S/C10H12FN/c1-8(5-6-12)9-3-2-4-10(11)7-9/h2-5,7H,6,12H2,1H3. The minimum atomic E-state index is -0.211. The molecule has 64 valence electrons. The summed E-state index contributed by atoms with van der Waals surface area (Å²) in [7, 11) is 0. The number of nitrogens with two attached hydrogens (primary N) is 1. The zero-order valence-corrected chi connectivity index (χ0v) is 7.05. The van der Waals surface area contributed by atoms with Gasteiger partial charge in [0.15, 0.2) is 0 Å². The fourth-order valence-electron chi connectivity index (χ4n) is 1.03. The van der Waals surface area contributed by atoms with Gasteiger partial charge in [0.2, 0.25) is 0 Å². The number of allylic oxidation sites excluding steroid dienone is 1. The molecule has 1 rings (SSSR count). The van der Waals surface area contributed by atoms with Crippen LogP contribution in [0.25, 0.3) is 5.57 Å². The molecule has 0 fully saturated rings. The number of benzene rings is 1. The molecule has 0 aliphatic carbocycles. The third-order valence-electron chi connectivity index (χ3n) is 1.70. The van der Waals surface area contributed by atoms with E-state index in [4.69, 9.17) is 5.73 Å². The van der Waals surface area contributed by atoms with E-state index < -0.39 is 0 Å². The van der Waals surface area contributed by atoms with Crippen LogP contribution in [0.1, 0.15) is 12.5 Å². The summed E-state index contributed by atoms with van der Waals surface area (Å²) < 4.78 is 12.7. The normalized spacial score (nSPS) is 11.8. The van der Waals surface area contributed by atoms with Gasteiger partial charge >= 0.3 is 0 Å². The second kappa shape index (κ2) is 4.02. The lowest BCUT2D eigenvalue weighted by molar-refractivity contribution is 0.627. The number of hydrogen-bond acceptors (Lipinski definition) is 1. The van der Waals surface area contributed by atoms with E-state index in [1.807, 2.05) is 19.1 Å². The maximum absolute atomic E-state index is 12.7. The van der Waals surface area contributed by atoms with Crippen molar-refractivity contribution in [1.29, 1.82) is 0 Å². The molecule has 12 heavy (non-hydrogen) atoms. The monoisotopic (exact) mass is 165 g/mol. The number of halogens is 1. The molecule has 1 aromatic rings. The molecule has 0 spiro atoms. The van der Waals surface area contributed by atoms with Crippen LogP contribution in [0.4, 0.5) is 4.39 Å². The van der Waals surface area contributed by atoms with Gasteiger partial charge in [-0.25, -0.2) is 4.39 Å². The number of hydrogen-bond donors (Lipinski definition) is 1. The minimum Gasteiger partial charge on any atom is -0.327 e. The Balaban J connectivity index is 2.95. The van der Waals surface area contributed by atoms with Crippen molar-refractivity contribution in [3.05, 3.63) is 41.7 Å². The summed E-state index contributed by atoms with van der Waals surface area (Å²) in [6.45, 7) is 2.41. The molecule has 0 aromatic heterocycles. The number of rotatable bonds is 2. The summed E-state index contributed by atoms with van der Waals surface area (Å²) in [6, 6.07) is 6.49. The van der Waals surface area contributed by atoms with Crippen molar-refractivity contribution in [2.75, 3.05) is 6.54 Å². The van der Waals surface area contributed by atoms with E-state index in [-0.39, 0.29) is 5.82 Å². The van der Waals surface area contributed by atoms with Crippen molar-refractivity contribution in [1.82, 2.24) is 0 Å². The molecule has 0 aliphatic rings. The van der Waals surface area contributed by atoms with Crippen LogP contribution in [-0.4, -0.2) is 6.54 Å². The van der Waals surface area contributed by atoms with E-state index >= 15 is 0 Å². The molecule has 1 nitrogen and oxygen atoms in total. The molecule has 0 atom stereocenters. The van der Waals surface area contributed by atoms with Crippen molar-refractivity contribution < 1.29 is 4.39 Å². The first-order valence-corrected chi connectivity index (χ1v) is 3.87. The summed E-state index contributed by atoms with van der Waals surface area (Å²) in [4.78, 5) is 0. The van der Waals surface area contributed by atoms with Gasteiger partial charge in [0.05, 0.1) is 0 Å². The van der Waals surface area contributed by atoms with Crippen molar-refractivity contribution in [3.8, 4) is 0 Å². The first-order valence-electron chi connectivity index (χ1n) is 3.87. The highest BCUT2D eigenvalue weighted by atomic mass is 19.1. The Bertz CT molecular complexity index is 292. The lowest BCUT2D eigenvalue weighted by Gasteiger charge is -2.00. The largest absolute Gasteiger partial charge is 0.327 e. The maximum Gasteiger partial charge on any atom is 0.123 e. The summed E-state index contributed by atoms with van der Waals surface area (Å²) >= 11 is 0. The Morgan fingerprint density at radius 1 is 1.58 bits per heavy atom. The van der Waals surface area contributed by atoms with Crippen molar-refractivity contribution in [3.63, 3.8) is 0 Å². The predicted molar refractivity (Wildman–Crippen MR) is 49.1 cm³/mol. The van der Waals surface area contributed by atoms with Crippen LogP contribution in [0.3, 0.4) is 0 Å². The highest BCUT2D eigenvalue weighted by Gasteiger charge is 1.95. The smallest absolute Gasteiger partial charge is 0.123 e. The quantitative estimate of drug-likeness (QED) is 0.714. The zero-order valence-electron chi connectivity index (χ0n) is 7.05. The molecular weight excluding hydrogens is 153 g/mol. The lowest BCUT2D eigenvalue weighted by atomic mass is 10.1. The van der Waals surface area contributed by atoms with E-state index in [9.17, 15) is 4.39 Å². The fraction of sp³-hybridized carbons (Fsp3) is 0.200. The van der Waals surface area contributed by atoms with E-state index in [0.717, 1.165) is 11.1 Å². The molecule has 0 radical (unpaired) electrons. The molecule has 2 N–H and O–H groups in total. The van der Waals surface area contributed by atoms with E-state index in [0.29, 0.717) is 6.54 Å². The maximum atomic E-state index is 12.7. The van der Waals surface area contributed by atoms with Gasteiger partial charge in [0.1, 0.15) is 5.82 Å². The Labute approximate surface area is 71.7 Å². The first kappa shape index (κ1) is 8.94. The molecule has 1 aromatic carbocycles. The van der Waals surface area contributed by atoms with Crippen LogP contribution in [0.2, 0.25) is 0 Å². The van der Waals surface area contributed by atoms with Crippen LogP contribution < -0.4 is 5.73 Å². The Morgan fingerprint density at radius 2 is 2.33 bits per heavy atom. The summed E-state index contributed by atoms with van der Waals surface area (Å²) in [6.07, 6.45) is 1.87. The lowest BCUT2D eigenvalue weighted by Crippen LogP contribution is -1.94. The third-order valence-corrected chi connectivity index (χ3v) is 1.70. The van der Waals surface area contributed by atoms with Gasteiger partial charge < -0.3 is 5.73 Å². The predicted octanol–water partition coefficient (Wildman–Crippen LogP) is 2.19. The average Bonchev–Trinajstić information content (AvgIpc) is 2.05.